The van der Waals surface area contributed by atoms with Gasteiger partial charge in [-0.05, 0) is 118 Å². The smallest absolute Gasteiger partial charge is 0.185 e. The van der Waals surface area contributed by atoms with Crippen molar-refractivity contribution in [3.63, 3.8) is 0 Å². The van der Waals surface area contributed by atoms with E-state index in [0.29, 0.717) is 50.6 Å². The highest BCUT2D eigenvalue weighted by Crippen LogP contribution is 2.48. The number of benzene rings is 4. The average molecular weight is 732 g/mol. The predicted octanol–water partition coefficient (Wildman–Crippen LogP) is 10.2. The van der Waals surface area contributed by atoms with E-state index >= 15 is 0 Å². The molecular weight excluding hydrogens is 679 g/mol. The van der Waals surface area contributed by atoms with Crippen LogP contribution in [0.15, 0.2) is 98.1 Å². The molecule has 0 saturated carbocycles. The Kier molecular flexibility index (Phi) is 13.9. The predicted molar refractivity (Wildman–Crippen MR) is 220 cm³/mol. The summed E-state index contributed by atoms with van der Waals surface area (Å²) in [6, 6.07) is 16.5. The lowest BCUT2D eigenvalue weighted by molar-refractivity contribution is 0.103. The van der Waals surface area contributed by atoms with Gasteiger partial charge in [0, 0.05) is 55.5 Å². The summed E-state index contributed by atoms with van der Waals surface area (Å²) in [5.74, 6) is 1.19. The summed E-state index contributed by atoms with van der Waals surface area (Å²) in [6.45, 7) is 23.2. The molecule has 0 aliphatic heterocycles. The Morgan fingerprint density at radius 3 is 1.69 bits per heavy atom. The Labute approximate surface area is 319 Å². The Morgan fingerprint density at radius 1 is 0.741 bits per heavy atom. The number of phenolic OH excluding ortho intramolecular Hbond substituents is 3. The van der Waals surface area contributed by atoms with Gasteiger partial charge in [-0.25, -0.2) is 0 Å². The van der Waals surface area contributed by atoms with Gasteiger partial charge < -0.3 is 30.5 Å². The first-order valence-corrected chi connectivity index (χ1v) is 17.6. The van der Waals surface area contributed by atoms with Crippen molar-refractivity contribution >= 4 is 29.4 Å². The van der Waals surface area contributed by atoms with E-state index in [-0.39, 0.29) is 34.9 Å². The number of hydrogen-bond acceptors (Lipinski definition) is 8. The minimum atomic E-state index is -0.592. The summed E-state index contributed by atoms with van der Waals surface area (Å²) < 4.78 is 11.5. The molecule has 4 rings (SSSR count). The van der Waals surface area contributed by atoms with Crippen LogP contribution < -0.4 is 15.2 Å². The lowest BCUT2D eigenvalue weighted by Crippen LogP contribution is -2.22. The number of carbonyl (C=O) groups is 2. The van der Waals surface area contributed by atoms with Gasteiger partial charge in [0.15, 0.2) is 11.6 Å². The normalized spacial score (nSPS) is 11.7. The number of anilines is 1. The molecule has 0 saturated heterocycles. The van der Waals surface area contributed by atoms with Crippen LogP contribution in [0, 0.1) is 13.8 Å². The fraction of sp³-hybridized carbons (Fsp3) is 0.261. The van der Waals surface area contributed by atoms with Crippen LogP contribution in [0.4, 0.5) is 5.69 Å². The monoisotopic (exact) mass is 731 g/mol. The fourth-order valence-electron chi connectivity index (χ4n) is 5.64. The summed E-state index contributed by atoms with van der Waals surface area (Å²) in [5.41, 5.74) is 10.3. The third kappa shape index (κ3) is 10.1. The van der Waals surface area contributed by atoms with Gasteiger partial charge in [-0.1, -0.05) is 39.8 Å². The second kappa shape index (κ2) is 17.7. The molecule has 54 heavy (non-hydrogen) atoms. The first kappa shape index (κ1) is 42.4. The van der Waals surface area contributed by atoms with Crippen LogP contribution in [0.3, 0.4) is 0 Å². The number of methoxy groups -OCH3 is 1. The molecule has 0 unspecified atom stereocenters. The van der Waals surface area contributed by atoms with Crippen LogP contribution in [-0.4, -0.2) is 40.1 Å². The first-order chi connectivity index (χ1) is 25.3. The van der Waals surface area contributed by atoms with Crippen molar-refractivity contribution < 1.29 is 34.4 Å². The minimum absolute atomic E-state index is 0.101. The van der Waals surface area contributed by atoms with E-state index in [1.165, 1.54) is 31.4 Å². The van der Waals surface area contributed by atoms with E-state index in [1.54, 1.807) is 80.6 Å². The molecule has 0 aliphatic rings. The van der Waals surface area contributed by atoms with E-state index in [4.69, 9.17) is 15.2 Å². The summed E-state index contributed by atoms with van der Waals surface area (Å²) in [4.78, 5) is 24.9. The molecule has 0 fully saturated rings. The van der Waals surface area contributed by atoms with Crippen LogP contribution in [0.5, 0.6) is 28.7 Å². The number of nitrogens with two attached hydrogens (primary N) is 1. The molecule has 284 valence electrons. The molecule has 0 amide bonds. The minimum Gasteiger partial charge on any atom is -0.508 e. The molecule has 0 atom stereocenters. The van der Waals surface area contributed by atoms with Crippen molar-refractivity contribution in [2.45, 2.75) is 72.3 Å². The van der Waals surface area contributed by atoms with Gasteiger partial charge in [-0.15, -0.1) is 13.2 Å². The third-order valence-corrected chi connectivity index (χ3v) is 9.08. The second-order valence-corrected chi connectivity index (χ2v) is 14.4. The number of ether oxygens (including phenoxy) is 2. The zero-order chi connectivity index (χ0) is 40.5. The average Bonchev–Trinajstić information content (AvgIpc) is 3.12. The molecule has 0 spiro atoms. The molecule has 8 heteroatoms. The van der Waals surface area contributed by atoms with Crippen LogP contribution in [0.1, 0.15) is 95.6 Å². The zero-order valence-electron chi connectivity index (χ0n) is 32.8. The molecule has 8 nitrogen and oxygen atoms in total. The first-order valence-electron chi connectivity index (χ1n) is 17.6. The van der Waals surface area contributed by atoms with Gasteiger partial charge in [0.1, 0.15) is 28.7 Å². The van der Waals surface area contributed by atoms with Crippen LogP contribution in [-0.2, 0) is 10.8 Å². The molecule has 4 aromatic rings. The van der Waals surface area contributed by atoms with Crippen LogP contribution in [0.2, 0.25) is 0 Å². The molecule has 0 heterocycles. The fourth-order valence-corrected chi connectivity index (χ4v) is 5.64. The van der Waals surface area contributed by atoms with Crippen LogP contribution >= 0.6 is 0 Å². The largest absolute Gasteiger partial charge is 0.508 e. The maximum Gasteiger partial charge on any atom is 0.185 e. The number of ketones is 2. The number of allylic oxidation sites excluding steroid dienone is 4. The number of phenols is 3. The number of carbonyl (C=O) groups excluding carboxylic acids is 2. The van der Waals surface area contributed by atoms with Gasteiger partial charge in [-0.2, -0.15) is 0 Å². The molecular formula is C46H53NO7. The quantitative estimate of drug-likeness (QED) is 0.0461. The van der Waals surface area contributed by atoms with E-state index in [2.05, 4.69) is 13.2 Å². The van der Waals surface area contributed by atoms with Crippen LogP contribution in [0.25, 0.3) is 12.2 Å². The molecule has 0 radical (unpaired) electrons. The maximum atomic E-state index is 12.7. The van der Waals surface area contributed by atoms with E-state index in [1.807, 2.05) is 47.6 Å². The van der Waals surface area contributed by atoms with Crippen molar-refractivity contribution in [1.82, 2.24) is 0 Å². The number of rotatable bonds is 13. The Bertz CT molecular complexity index is 2070. The Morgan fingerprint density at radius 2 is 1.22 bits per heavy atom. The van der Waals surface area contributed by atoms with Crippen molar-refractivity contribution in [2.75, 3.05) is 12.8 Å². The molecule has 4 aromatic carbocycles. The molecule has 0 bridgehead atoms. The lowest BCUT2D eigenvalue weighted by Gasteiger charge is -2.32. The highest BCUT2D eigenvalue weighted by atomic mass is 16.5. The van der Waals surface area contributed by atoms with Gasteiger partial charge in [-0.3, -0.25) is 9.59 Å². The Hall–Kier alpha value is -6.02. The number of aryl methyl sites for hydroxylation is 1. The molecule has 0 aliphatic carbocycles. The van der Waals surface area contributed by atoms with Crippen molar-refractivity contribution in [3.05, 3.63) is 143 Å². The standard InChI is InChI=1S/C28H34O4.C18H19NO3/c1-9-27(5,6)22-17-20(13-16-23(30)19-11-14-21(29)15-12-19)26(32-18(3)4)24(25(22)31)28(7,8)10-2;1-11-10-14(18(22-3)12(2)17(11)21)6-9-16(20)13-4-7-15(19)8-5-13/h9-18,29,31H,1-2H2,3-8H3;4-10,21H,19H2,1-3H3/b16-13+;9-6+. The summed E-state index contributed by atoms with van der Waals surface area (Å²) in [7, 11) is 1.54. The molecule has 5 N–H and O–H groups in total. The SMILES string of the molecule is C=CC(C)(C)c1cc(/C=C/C(=O)c2ccc(O)cc2)c(OC(C)C)c(C(C)(C)C=C)c1O.COc1c(/C=C/C(=O)c2ccc(N)cc2)cc(C)c(O)c1C. The van der Waals surface area contributed by atoms with Gasteiger partial charge in [0.25, 0.3) is 0 Å². The van der Waals surface area contributed by atoms with Gasteiger partial charge >= 0.3 is 0 Å². The highest BCUT2D eigenvalue weighted by molar-refractivity contribution is 6.07. The number of hydrogen-bond donors (Lipinski definition) is 4. The number of aromatic hydroxyl groups is 3. The van der Waals surface area contributed by atoms with Crippen molar-refractivity contribution in [2.24, 2.45) is 0 Å². The third-order valence-electron chi connectivity index (χ3n) is 9.08. The lowest BCUT2D eigenvalue weighted by atomic mass is 9.76. The summed E-state index contributed by atoms with van der Waals surface area (Å²) in [6.07, 6.45) is 9.77. The van der Waals surface area contributed by atoms with Gasteiger partial charge in [0.2, 0.25) is 0 Å². The maximum absolute atomic E-state index is 12.7. The summed E-state index contributed by atoms with van der Waals surface area (Å²) >= 11 is 0. The Balaban J connectivity index is 0.000000311. The van der Waals surface area contributed by atoms with E-state index < -0.39 is 10.8 Å². The van der Waals surface area contributed by atoms with Crippen molar-refractivity contribution in [1.29, 1.82) is 0 Å². The zero-order valence-corrected chi connectivity index (χ0v) is 32.8. The van der Waals surface area contributed by atoms with Gasteiger partial charge in [0.05, 0.1) is 13.2 Å². The van der Waals surface area contributed by atoms with Crippen molar-refractivity contribution in [3.8, 4) is 28.7 Å². The summed E-state index contributed by atoms with van der Waals surface area (Å²) in [5, 5.41) is 30.7. The number of nitrogen functional groups attached to an aromatic ring is 1. The second-order valence-electron chi connectivity index (χ2n) is 14.4. The molecule has 0 aromatic heterocycles. The van der Waals surface area contributed by atoms with E-state index in [0.717, 1.165) is 11.1 Å². The van der Waals surface area contributed by atoms with E-state index in [9.17, 15) is 24.9 Å². The topological polar surface area (TPSA) is 139 Å². The highest BCUT2D eigenvalue weighted by Gasteiger charge is 2.33.